The smallest absolute Gasteiger partial charge is 0.253 e. The van der Waals surface area contributed by atoms with E-state index in [0.29, 0.717) is 12.1 Å². The zero-order valence-electron chi connectivity index (χ0n) is 15.0. The van der Waals surface area contributed by atoms with Crippen molar-refractivity contribution in [2.75, 3.05) is 26.2 Å². The van der Waals surface area contributed by atoms with Gasteiger partial charge in [0.1, 0.15) is 5.82 Å². The van der Waals surface area contributed by atoms with E-state index in [2.05, 4.69) is 10.2 Å². The molecule has 1 aromatic carbocycles. The molecule has 0 atom stereocenters. The van der Waals surface area contributed by atoms with Crippen LogP contribution in [-0.2, 0) is 0 Å². The number of piperidine rings is 1. The van der Waals surface area contributed by atoms with Crippen LogP contribution in [0.15, 0.2) is 30.3 Å². The Labute approximate surface area is 148 Å². The Morgan fingerprint density at radius 1 is 1.12 bits per heavy atom. The Balaban J connectivity index is 1.66. The molecular formula is C20H26FN3O. The molecule has 1 saturated heterocycles. The highest BCUT2D eigenvalue weighted by Crippen LogP contribution is 2.21. The zero-order chi connectivity index (χ0) is 17.8. The Hall–Kier alpha value is -2.14. The average Bonchev–Trinajstić information content (AvgIpc) is 2.91. The van der Waals surface area contributed by atoms with Gasteiger partial charge >= 0.3 is 0 Å². The maximum absolute atomic E-state index is 13.2. The Kier molecular flexibility index (Phi) is 5.53. The number of aromatic nitrogens is 1. The standard InChI is InChI=1S/C20H26FN3O/c1-15-14-19(16(2)24(15)18-8-6-17(21)7-9-18)20(25)22-10-13-23-11-4-3-5-12-23/h6-9,14H,3-5,10-13H2,1-2H3,(H,22,25). The van der Waals surface area contributed by atoms with Crippen LogP contribution in [0, 0.1) is 19.7 Å². The van der Waals surface area contributed by atoms with Crippen LogP contribution in [0.2, 0.25) is 0 Å². The van der Waals surface area contributed by atoms with E-state index in [4.69, 9.17) is 0 Å². The van der Waals surface area contributed by atoms with Crippen molar-refractivity contribution in [3.8, 4) is 5.69 Å². The van der Waals surface area contributed by atoms with Crippen LogP contribution >= 0.6 is 0 Å². The second kappa shape index (κ2) is 7.83. The Bertz CT molecular complexity index is 730. The number of hydrogen-bond acceptors (Lipinski definition) is 2. The van der Waals surface area contributed by atoms with Crippen LogP contribution in [0.5, 0.6) is 0 Å². The lowest BCUT2D eigenvalue weighted by atomic mass is 10.1. The fourth-order valence-corrected chi connectivity index (χ4v) is 3.59. The SMILES string of the molecule is Cc1cc(C(=O)NCCN2CCCCC2)c(C)n1-c1ccc(F)cc1. The quantitative estimate of drug-likeness (QED) is 0.903. The lowest BCUT2D eigenvalue weighted by Crippen LogP contribution is -2.37. The maximum Gasteiger partial charge on any atom is 0.253 e. The molecule has 25 heavy (non-hydrogen) atoms. The zero-order valence-corrected chi connectivity index (χ0v) is 15.0. The van der Waals surface area contributed by atoms with Gasteiger partial charge in [0.25, 0.3) is 5.91 Å². The summed E-state index contributed by atoms with van der Waals surface area (Å²) in [6.45, 7) is 7.72. The topological polar surface area (TPSA) is 37.3 Å². The summed E-state index contributed by atoms with van der Waals surface area (Å²) >= 11 is 0. The molecule has 0 bridgehead atoms. The summed E-state index contributed by atoms with van der Waals surface area (Å²) in [4.78, 5) is 15.0. The van der Waals surface area contributed by atoms with Crippen LogP contribution < -0.4 is 5.32 Å². The molecule has 1 aliphatic heterocycles. The number of benzene rings is 1. The van der Waals surface area contributed by atoms with Crippen molar-refractivity contribution in [1.82, 2.24) is 14.8 Å². The average molecular weight is 343 g/mol. The monoisotopic (exact) mass is 343 g/mol. The summed E-state index contributed by atoms with van der Waals surface area (Å²) < 4.78 is 15.1. The molecule has 0 spiro atoms. The molecule has 0 radical (unpaired) electrons. The number of nitrogens with one attached hydrogen (secondary N) is 1. The number of nitrogens with zero attached hydrogens (tertiary/aromatic N) is 2. The summed E-state index contributed by atoms with van der Waals surface area (Å²) in [6, 6.07) is 8.23. The molecule has 0 aliphatic carbocycles. The van der Waals surface area contributed by atoms with Crippen molar-refractivity contribution < 1.29 is 9.18 Å². The van der Waals surface area contributed by atoms with Crippen molar-refractivity contribution in [2.45, 2.75) is 33.1 Å². The molecule has 0 unspecified atom stereocenters. The van der Waals surface area contributed by atoms with Crippen LogP contribution in [0.25, 0.3) is 5.69 Å². The Morgan fingerprint density at radius 2 is 1.80 bits per heavy atom. The molecule has 1 fully saturated rings. The fourth-order valence-electron chi connectivity index (χ4n) is 3.59. The predicted molar refractivity (Wildman–Crippen MR) is 97.8 cm³/mol. The van der Waals surface area contributed by atoms with Crippen molar-refractivity contribution in [2.24, 2.45) is 0 Å². The molecule has 1 aromatic heterocycles. The first kappa shape index (κ1) is 17.7. The summed E-state index contributed by atoms with van der Waals surface area (Å²) in [5, 5.41) is 3.03. The van der Waals surface area contributed by atoms with E-state index in [-0.39, 0.29) is 11.7 Å². The predicted octanol–water partition coefficient (Wildman–Crippen LogP) is 3.45. The molecule has 2 aromatic rings. The van der Waals surface area contributed by atoms with E-state index in [1.807, 2.05) is 24.5 Å². The Morgan fingerprint density at radius 3 is 2.48 bits per heavy atom. The number of hydrogen-bond donors (Lipinski definition) is 1. The molecular weight excluding hydrogens is 317 g/mol. The van der Waals surface area contributed by atoms with Gasteiger partial charge in [-0.3, -0.25) is 4.79 Å². The third kappa shape index (κ3) is 4.10. The van der Waals surface area contributed by atoms with E-state index < -0.39 is 0 Å². The van der Waals surface area contributed by atoms with Gasteiger partial charge in [-0.15, -0.1) is 0 Å². The molecule has 1 N–H and O–H groups in total. The van der Waals surface area contributed by atoms with E-state index in [1.54, 1.807) is 12.1 Å². The lowest BCUT2D eigenvalue weighted by molar-refractivity contribution is 0.0946. The third-order valence-corrected chi connectivity index (χ3v) is 4.92. The maximum atomic E-state index is 13.2. The number of rotatable bonds is 5. The molecule has 5 heteroatoms. The number of amides is 1. The summed E-state index contributed by atoms with van der Waals surface area (Å²) in [5.41, 5.74) is 3.38. The molecule has 1 aliphatic rings. The molecule has 2 heterocycles. The van der Waals surface area contributed by atoms with Gasteiger partial charge in [0.15, 0.2) is 0 Å². The number of likely N-dealkylation sites (tertiary alicyclic amines) is 1. The fraction of sp³-hybridized carbons (Fsp3) is 0.450. The molecule has 4 nitrogen and oxygen atoms in total. The number of carbonyl (C=O) groups is 1. The lowest BCUT2D eigenvalue weighted by Gasteiger charge is -2.26. The van der Waals surface area contributed by atoms with Crippen molar-refractivity contribution >= 4 is 5.91 Å². The van der Waals surface area contributed by atoms with Crippen molar-refractivity contribution in [3.05, 3.63) is 53.1 Å². The first-order valence-corrected chi connectivity index (χ1v) is 9.01. The second-order valence-electron chi connectivity index (χ2n) is 6.75. The highest BCUT2D eigenvalue weighted by Gasteiger charge is 2.17. The minimum atomic E-state index is -0.262. The molecule has 0 saturated carbocycles. The van der Waals surface area contributed by atoms with E-state index in [1.165, 1.54) is 31.4 Å². The summed E-state index contributed by atoms with van der Waals surface area (Å²) in [6.07, 6.45) is 3.83. The van der Waals surface area contributed by atoms with E-state index in [9.17, 15) is 9.18 Å². The van der Waals surface area contributed by atoms with E-state index in [0.717, 1.165) is 36.7 Å². The van der Waals surface area contributed by atoms with Gasteiger partial charge < -0.3 is 14.8 Å². The summed E-state index contributed by atoms with van der Waals surface area (Å²) in [5.74, 6) is -0.305. The van der Waals surface area contributed by atoms with Crippen LogP contribution in [0.1, 0.15) is 41.0 Å². The van der Waals surface area contributed by atoms with Crippen LogP contribution in [0.4, 0.5) is 4.39 Å². The first-order chi connectivity index (χ1) is 12.1. The minimum absolute atomic E-state index is 0.0431. The third-order valence-electron chi connectivity index (χ3n) is 4.92. The molecule has 1 amide bonds. The van der Waals surface area contributed by atoms with Crippen LogP contribution in [-0.4, -0.2) is 41.6 Å². The van der Waals surface area contributed by atoms with Gasteiger partial charge in [-0.1, -0.05) is 6.42 Å². The molecule has 3 rings (SSSR count). The highest BCUT2D eigenvalue weighted by molar-refractivity contribution is 5.95. The number of halogens is 1. The largest absolute Gasteiger partial charge is 0.351 e. The minimum Gasteiger partial charge on any atom is -0.351 e. The first-order valence-electron chi connectivity index (χ1n) is 9.01. The van der Waals surface area contributed by atoms with Gasteiger partial charge in [-0.05, 0) is 70.1 Å². The number of carbonyl (C=O) groups excluding carboxylic acids is 1. The highest BCUT2D eigenvalue weighted by atomic mass is 19.1. The van der Waals surface area contributed by atoms with Crippen molar-refractivity contribution in [1.29, 1.82) is 0 Å². The normalized spacial score (nSPS) is 15.3. The van der Waals surface area contributed by atoms with E-state index >= 15 is 0 Å². The summed E-state index contributed by atoms with van der Waals surface area (Å²) in [7, 11) is 0. The van der Waals surface area contributed by atoms with Crippen molar-refractivity contribution in [3.63, 3.8) is 0 Å². The number of aryl methyl sites for hydroxylation is 1. The molecule has 134 valence electrons. The van der Waals surface area contributed by atoms with Crippen LogP contribution in [0.3, 0.4) is 0 Å². The van der Waals surface area contributed by atoms with Gasteiger partial charge in [-0.2, -0.15) is 0 Å². The van der Waals surface area contributed by atoms with Gasteiger partial charge in [0.05, 0.1) is 5.56 Å². The van der Waals surface area contributed by atoms with Gasteiger partial charge in [0, 0.05) is 30.2 Å². The second-order valence-corrected chi connectivity index (χ2v) is 6.75. The van der Waals surface area contributed by atoms with Gasteiger partial charge in [-0.25, -0.2) is 4.39 Å². The van der Waals surface area contributed by atoms with Gasteiger partial charge in [0.2, 0.25) is 0 Å².